The fraction of sp³-hybridized carbons (Fsp3) is 0.667. The number of fused-ring (bicyclic) bond motifs is 1. The number of benzene rings is 1. The third-order valence-corrected chi connectivity index (χ3v) is 4.91. The van der Waals surface area contributed by atoms with Crippen molar-refractivity contribution in [2.24, 2.45) is 0 Å². The summed E-state index contributed by atoms with van der Waals surface area (Å²) in [5, 5.41) is 3.66. The first-order chi connectivity index (χ1) is 10.4. The van der Waals surface area contributed by atoms with E-state index in [1.807, 2.05) is 0 Å². The lowest BCUT2D eigenvalue weighted by Crippen LogP contribution is -2.34. The van der Waals surface area contributed by atoms with Crippen molar-refractivity contribution >= 4 is 5.69 Å². The summed E-state index contributed by atoms with van der Waals surface area (Å²) in [6.07, 6.45) is 5.32. The number of para-hydroxylation sites is 1. The minimum absolute atomic E-state index is 0.531. The van der Waals surface area contributed by atoms with Crippen molar-refractivity contribution in [3.8, 4) is 0 Å². The van der Waals surface area contributed by atoms with Gasteiger partial charge in [-0.25, -0.2) is 0 Å². The third kappa shape index (κ3) is 3.58. The zero-order chi connectivity index (χ0) is 14.5. The van der Waals surface area contributed by atoms with Crippen molar-refractivity contribution in [3.63, 3.8) is 0 Å². The molecule has 1 aromatic rings. The van der Waals surface area contributed by atoms with Crippen molar-refractivity contribution in [2.45, 2.75) is 38.6 Å². The SMILES string of the molecule is CCNC1CCCN(CCN2CCCC2)c2ccccc21. The topological polar surface area (TPSA) is 18.5 Å². The Morgan fingerprint density at radius 2 is 1.86 bits per heavy atom. The summed E-state index contributed by atoms with van der Waals surface area (Å²) in [4.78, 5) is 5.24. The molecule has 0 radical (unpaired) electrons. The molecule has 3 heteroatoms. The van der Waals surface area contributed by atoms with Gasteiger partial charge in [0.05, 0.1) is 0 Å². The van der Waals surface area contributed by atoms with E-state index in [0.29, 0.717) is 6.04 Å². The Bertz CT molecular complexity index is 440. The van der Waals surface area contributed by atoms with E-state index in [0.717, 1.165) is 6.54 Å². The molecule has 0 amide bonds. The minimum atomic E-state index is 0.531. The van der Waals surface area contributed by atoms with Crippen molar-refractivity contribution < 1.29 is 0 Å². The Labute approximate surface area is 129 Å². The van der Waals surface area contributed by atoms with Crippen molar-refractivity contribution in [3.05, 3.63) is 29.8 Å². The molecule has 1 saturated heterocycles. The van der Waals surface area contributed by atoms with E-state index in [-0.39, 0.29) is 0 Å². The number of likely N-dealkylation sites (tertiary alicyclic amines) is 1. The summed E-state index contributed by atoms with van der Waals surface area (Å²) in [5.74, 6) is 0. The fourth-order valence-electron chi connectivity index (χ4n) is 3.79. The van der Waals surface area contributed by atoms with Gasteiger partial charge in [0.2, 0.25) is 0 Å². The fourth-order valence-corrected chi connectivity index (χ4v) is 3.79. The van der Waals surface area contributed by atoms with Gasteiger partial charge >= 0.3 is 0 Å². The monoisotopic (exact) mass is 287 g/mol. The molecule has 116 valence electrons. The molecular formula is C18H29N3. The molecule has 1 N–H and O–H groups in total. The standard InChI is InChI=1S/C18H29N3/c1-2-19-17-9-7-13-21(15-14-20-11-5-6-12-20)18-10-4-3-8-16(17)18/h3-4,8,10,17,19H,2,5-7,9,11-15H2,1H3. The Morgan fingerprint density at radius 1 is 1.05 bits per heavy atom. The quantitative estimate of drug-likeness (QED) is 0.898. The van der Waals surface area contributed by atoms with Crippen molar-refractivity contribution in [2.75, 3.05) is 44.2 Å². The highest BCUT2D eigenvalue weighted by molar-refractivity contribution is 5.55. The molecule has 0 saturated carbocycles. The molecule has 2 aliphatic rings. The van der Waals surface area contributed by atoms with Gasteiger partial charge in [-0.05, 0) is 56.9 Å². The van der Waals surface area contributed by atoms with Crippen LogP contribution in [-0.4, -0.2) is 44.2 Å². The molecular weight excluding hydrogens is 258 g/mol. The Kier molecular flexibility index (Phi) is 5.15. The van der Waals surface area contributed by atoms with E-state index in [1.54, 1.807) is 0 Å². The Hall–Kier alpha value is -1.06. The van der Waals surface area contributed by atoms with Gasteiger partial charge in [0.25, 0.3) is 0 Å². The molecule has 1 fully saturated rings. The molecule has 1 atom stereocenters. The predicted octanol–water partition coefficient (Wildman–Crippen LogP) is 3.03. The highest BCUT2D eigenvalue weighted by atomic mass is 15.2. The highest BCUT2D eigenvalue weighted by Crippen LogP contribution is 2.32. The van der Waals surface area contributed by atoms with Crippen LogP contribution in [0.5, 0.6) is 0 Å². The number of nitrogens with zero attached hydrogens (tertiary/aromatic N) is 2. The lowest BCUT2D eigenvalue weighted by atomic mass is 10.0. The van der Waals surface area contributed by atoms with Crippen LogP contribution in [0.3, 0.4) is 0 Å². The van der Waals surface area contributed by atoms with Crippen LogP contribution in [0.4, 0.5) is 5.69 Å². The molecule has 1 aromatic carbocycles. The van der Waals surface area contributed by atoms with E-state index < -0.39 is 0 Å². The molecule has 2 aliphatic heterocycles. The second-order valence-electron chi connectivity index (χ2n) is 6.35. The smallest absolute Gasteiger partial charge is 0.0415 e. The molecule has 0 aromatic heterocycles. The number of hydrogen-bond donors (Lipinski definition) is 1. The number of rotatable bonds is 5. The normalized spacial score (nSPS) is 23.1. The summed E-state index contributed by atoms with van der Waals surface area (Å²) in [7, 11) is 0. The summed E-state index contributed by atoms with van der Waals surface area (Å²) in [6, 6.07) is 9.54. The maximum absolute atomic E-state index is 3.66. The maximum atomic E-state index is 3.66. The van der Waals surface area contributed by atoms with Gasteiger partial charge in [0.1, 0.15) is 0 Å². The van der Waals surface area contributed by atoms with Crippen LogP contribution in [0.15, 0.2) is 24.3 Å². The van der Waals surface area contributed by atoms with Crippen LogP contribution in [-0.2, 0) is 0 Å². The number of anilines is 1. The van der Waals surface area contributed by atoms with Crippen LogP contribution in [0.2, 0.25) is 0 Å². The summed E-state index contributed by atoms with van der Waals surface area (Å²) >= 11 is 0. The van der Waals surface area contributed by atoms with E-state index in [9.17, 15) is 0 Å². The molecule has 3 rings (SSSR count). The predicted molar refractivity (Wildman–Crippen MR) is 90.0 cm³/mol. The van der Waals surface area contributed by atoms with Gasteiger partial charge in [-0.2, -0.15) is 0 Å². The summed E-state index contributed by atoms with van der Waals surface area (Å²) in [6.45, 7) is 9.46. The van der Waals surface area contributed by atoms with E-state index >= 15 is 0 Å². The summed E-state index contributed by atoms with van der Waals surface area (Å²) in [5.41, 5.74) is 2.96. The minimum Gasteiger partial charge on any atom is -0.370 e. The molecule has 3 nitrogen and oxygen atoms in total. The average molecular weight is 287 g/mol. The van der Waals surface area contributed by atoms with Gasteiger partial charge < -0.3 is 15.1 Å². The molecule has 0 bridgehead atoms. The maximum Gasteiger partial charge on any atom is 0.0415 e. The molecule has 1 unspecified atom stereocenters. The lowest BCUT2D eigenvalue weighted by molar-refractivity contribution is 0.344. The van der Waals surface area contributed by atoms with Gasteiger partial charge in [0, 0.05) is 31.4 Å². The highest BCUT2D eigenvalue weighted by Gasteiger charge is 2.22. The van der Waals surface area contributed by atoms with Crippen LogP contribution in [0, 0.1) is 0 Å². The molecule has 2 heterocycles. The van der Waals surface area contributed by atoms with Gasteiger partial charge in [-0.15, -0.1) is 0 Å². The van der Waals surface area contributed by atoms with E-state index in [2.05, 4.69) is 46.3 Å². The molecule has 0 aliphatic carbocycles. The van der Waals surface area contributed by atoms with Crippen LogP contribution in [0.25, 0.3) is 0 Å². The van der Waals surface area contributed by atoms with Gasteiger partial charge in [-0.3, -0.25) is 0 Å². The summed E-state index contributed by atoms with van der Waals surface area (Å²) < 4.78 is 0. The van der Waals surface area contributed by atoms with Crippen molar-refractivity contribution in [1.29, 1.82) is 0 Å². The van der Waals surface area contributed by atoms with E-state index in [4.69, 9.17) is 0 Å². The Morgan fingerprint density at radius 3 is 2.67 bits per heavy atom. The number of nitrogens with one attached hydrogen (secondary N) is 1. The zero-order valence-electron chi connectivity index (χ0n) is 13.4. The first-order valence-electron chi connectivity index (χ1n) is 8.68. The van der Waals surface area contributed by atoms with Gasteiger partial charge in [-0.1, -0.05) is 25.1 Å². The molecule has 21 heavy (non-hydrogen) atoms. The van der Waals surface area contributed by atoms with Crippen LogP contribution in [0.1, 0.15) is 44.2 Å². The average Bonchev–Trinajstić information content (AvgIpc) is 2.97. The molecule has 0 spiro atoms. The largest absolute Gasteiger partial charge is 0.370 e. The van der Waals surface area contributed by atoms with Crippen molar-refractivity contribution in [1.82, 2.24) is 10.2 Å². The Balaban J connectivity index is 1.72. The van der Waals surface area contributed by atoms with Crippen LogP contribution < -0.4 is 10.2 Å². The lowest BCUT2D eigenvalue weighted by Gasteiger charge is -2.28. The first-order valence-corrected chi connectivity index (χ1v) is 8.68. The number of hydrogen-bond acceptors (Lipinski definition) is 3. The van der Waals surface area contributed by atoms with E-state index in [1.165, 1.54) is 69.7 Å². The third-order valence-electron chi connectivity index (χ3n) is 4.91. The second kappa shape index (κ2) is 7.28. The van der Waals surface area contributed by atoms with Crippen LogP contribution >= 0.6 is 0 Å². The van der Waals surface area contributed by atoms with Gasteiger partial charge in [0.15, 0.2) is 0 Å². The first kappa shape index (κ1) is 14.9. The zero-order valence-corrected chi connectivity index (χ0v) is 13.4. The second-order valence-corrected chi connectivity index (χ2v) is 6.35.